The number of nitrogens with one attached hydrogen (secondary N) is 1. The number of nitrogens with zero attached hydrogens (tertiary/aromatic N) is 1. The van der Waals surface area contributed by atoms with Crippen molar-refractivity contribution >= 4 is 27.5 Å². The molecule has 1 aromatic rings. The van der Waals surface area contributed by atoms with Gasteiger partial charge in [-0.05, 0) is 43.0 Å². The number of amides is 1. The van der Waals surface area contributed by atoms with E-state index in [1.807, 2.05) is 12.1 Å². The molecule has 1 fully saturated rings. The summed E-state index contributed by atoms with van der Waals surface area (Å²) in [6.45, 7) is 4.36. The number of hydrogen-bond acceptors (Lipinski definition) is 3. The van der Waals surface area contributed by atoms with Crippen molar-refractivity contribution in [1.29, 1.82) is 0 Å². The van der Waals surface area contributed by atoms with Gasteiger partial charge >= 0.3 is 0 Å². The van der Waals surface area contributed by atoms with Gasteiger partial charge in [0.25, 0.3) is 0 Å². The summed E-state index contributed by atoms with van der Waals surface area (Å²) in [7, 11) is 0. The lowest BCUT2D eigenvalue weighted by Crippen LogP contribution is -2.43. The molecule has 0 saturated carbocycles. The third-order valence-corrected chi connectivity index (χ3v) is 4.21. The van der Waals surface area contributed by atoms with Crippen molar-refractivity contribution in [3.63, 3.8) is 0 Å². The lowest BCUT2D eigenvalue weighted by atomic mass is 10.1. The molecule has 0 aromatic heterocycles. The first kappa shape index (κ1) is 15.5. The number of halogens is 1. The smallest absolute Gasteiger partial charge is 0.238 e. The van der Waals surface area contributed by atoms with Gasteiger partial charge < -0.3 is 11.1 Å². The zero-order chi connectivity index (χ0) is 14.5. The van der Waals surface area contributed by atoms with E-state index >= 15 is 0 Å². The summed E-state index contributed by atoms with van der Waals surface area (Å²) in [5.41, 5.74) is 7.93. The summed E-state index contributed by atoms with van der Waals surface area (Å²) in [5, 5.41) is 3.01. The first-order valence-corrected chi connectivity index (χ1v) is 7.94. The van der Waals surface area contributed by atoms with Gasteiger partial charge in [0, 0.05) is 29.3 Å². The van der Waals surface area contributed by atoms with Crippen molar-refractivity contribution in [3.05, 3.63) is 28.2 Å². The fraction of sp³-hybridized carbons (Fsp3) is 0.533. The highest BCUT2D eigenvalue weighted by Gasteiger charge is 2.18. The zero-order valence-corrected chi connectivity index (χ0v) is 13.4. The monoisotopic (exact) mass is 339 g/mol. The van der Waals surface area contributed by atoms with Crippen molar-refractivity contribution in [3.8, 4) is 0 Å². The second-order valence-corrected chi connectivity index (χ2v) is 6.23. The molecule has 20 heavy (non-hydrogen) atoms. The van der Waals surface area contributed by atoms with Crippen molar-refractivity contribution < 1.29 is 4.79 Å². The highest BCUT2D eigenvalue weighted by molar-refractivity contribution is 9.10. The zero-order valence-electron chi connectivity index (χ0n) is 11.9. The molecule has 2 rings (SSSR count). The van der Waals surface area contributed by atoms with E-state index in [4.69, 9.17) is 5.73 Å². The molecule has 5 heteroatoms. The Morgan fingerprint density at radius 1 is 1.45 bits per heavy atom. The fourth-order valence-electron chi connectivity index (χ4n) is 2.48. The predicted molar refractivity (Wildman–Crippen MR) is 85.8 cm³/mol. The Hall–Kier alpha value is -0.910. The van der Waals surface area contributed by atoms with Crippen LogP contribution in [0.2, 0.25) is 0 Å². The first-order chi connectivity index (χ1) is 9.58. The largest absolute Gasteiger partial charge is 0.328 e. The predicted octanol–water partition coefficient (Wildman–Crippen LogP) is 2.37. The molecular weight excluding hydrogens is 318 g/mol. The molecule has 1 aromatic carbocycles. The summed E-state index contributed by atoms with van der Waals surface area (Å²) < 4.78 is 1.04. The summed E-state index contributed by atoms with van der Waals surface area (Å²) in [6.07, 6.45) is 2.85. The third kappa shape index (κ3) is 4.30. The molecule has 1 heterocycles. The van der Waals surface area contributed by atoms with Gasteiger partial charge in [-0.2, -0.15) is 0 Å². The lowest BCUT2D eigenvalue weighted by Gasteiger charge is -2.29. The van der Waals surface area contributed by atoms with E-state index in [9.17, 15) is 4.79 Å². The van der Waals surface area contributed by atoms with Gasteiger partial charge in [-0.3, -0.25) is 9.69 Å². The van der Waals surface area contributed by atoms with E-state index in [0.717, 1.165) is 48.1 Å². The fourth-order valence-corrected chi connectivity index (χ4v) is 2.89. The van der Waals surface area contributed by atoms with E-state index in [0.29, 0.717) is 12.6 Å². The second-order valence-electron chi connectivity index (χ2n) is 5.32. The minimum atomic E-state index is 0.0532. The van der Waals surface area contributed by atoms with E-state index in [2.05, 4.69) is 39.1 Å². The van der Waals surface area contributed by atoms with Gasteiger partial charge in [0.2, 0.25) is 5.91 Å². The van der Waals surface area contributed by atoms with Crippen molar-refractivity contribution in [2.24, 2.45) is 5.73 Å². The van der Waals surface area contributed by atoms with Gasteiger partial charge in [0.1, 0.15) is 0 Å². The Balaban J connectivity index is 1.91. The molecule has 1 saturated heterocycles. The number of nitrogens with two attached hydrogens (primary N) is 1. The molecule has 4 nitrogen and oxygen atoms in total. The molecule has 0 unspecified atom stereocenters. The summed E-state index contributed by atoms with van der Waals surface area (Å²) in [6, 6.07) is 6.25. The Morgan fingerprint density at radius 2 is 2.15 bits per heavy atom. The number of hydrogen-bond donors (Lipinski definition) is 2. The molecule has 0 radical (unpaired) electrons. The molecule has 1 aliphatic heterocycles. The maximum atomic E-state index is 12.1. The van der Waals surface area contributed by atoms with Crippen LogP contribution in [-0.2, 0) is 11.2 Å². The standard InChI is InChI=1S/C15H22BrN3O/c1-2-11-9-12(16)3-4-14(11)18-15(20)10-19-7-5-13(17)6-8-19/h3-4,9,13H,2,5-8,10,17H2,1H3,(H,18,20). The summed E-state index contributed by atoms with van der Waals surface area (Å²) in [5.74, 6) is 0.0532. The van der Waals surface area contributed by atoms with Crippen LogP contribution in [0.15, 0.2) is 22.7 Å². The Morgan fingerprint density at radius 3 is 2.80 bits per heavy atom. The number of rotatable bonds is 4. The molecule has 110 valence electrons. The summed E-state index contributed by atoms with van der Waals surface area (Å²) >= 11 is 3.46. The van der Waals surface area contributed by atoms with Crippen LogP contribution < -0.4 is 11.1 Å². The maximum Gasteiger partial charge on any atom is 0.238 e. The van der Waals surface area contributed by atoms with Crippen LogP contribution >= 0.6 is 15.9 Å². The third-order valence-electron chi connectivity index (χ3n) is 3.72. The Bertz CT molecular complexity index is 470. The Kier molecular flexibility index (Phi) is 5.57. The number of likely N-dealkylation sites (tertiary alicyclic amines) is 1. The van der Waals surface area contributed by atoms with Crippen molar-refractivity contribution in [2.75, 3.05) is 25.0 Å². The number of piperidine rings is 1. The molecular formula is C15H22BrN3O. The molecule has 0 atom stereocenters. The molecule has 1 aliphatic rings. The Labute approximate surface area is 128 Å². The molecule has 0 aliphatic carbocycles. The highest BCUT2D eigenvalue weighted by atomic mass is 79.9. The van der Waals surface area contributed by atoms with Crippen LogP contribution in [0.1, 0.15) is 25.3 Å². The lowest BCUT2D eigenvalue weighted by molar-refractivity contribution is -0.117. The van der Waals surface area contributed by atoms with Gasteiger partial charge in [0.15, 0.2) is 0 Å². The molecule has 0 spiro atoms. The van der Waals surface area contributed by atoms with Crippen LogP contribution in [0.25, 0.3) is 0 Å². The van der Waals surface area contributed by atoms with Crippen LogP contribution in [0.5, 0.6) is 0 Å². The first-order valence-electron chi connectivity index (χ1n) is 7.14. The van der Waals surface area contributed by atoms with E-state index < -0.39 is 0 Å². The minimum absolute atomic E-state index is 0.0532. The van der Waals surface area contributed by atoms with Crippen LogP contribution in [-0.4, -0.2) is 36.5 Å². The van der Waals surface area contributed by atoms with Gasteiger partial charge in [-0.15, -0.1) is 0 Å². The van der Waals surface area contributed by atoms with Gasteiger partial charge in [0.05, 0.1) is 6.54 Å². The van der Waals surface area contributed by atoms with E-state index in [1.165, 1.54) is 0 Å². The number of aryl methyl sites for hydroxylation is 1. The normalized spacial score (nSPS) is 17.1. The maximum absolute atomic E-state index is 12.1. The number of carbonyl (C=O) groups excluding carboxylic acids is 1. The molecule has 0 bridgehead atoms. The number of anilines is 1. The van der Waals surface area contributed by atoms with Crippen molar-refractivity contribution in [1.82, 2.24) is 4.90 Å². The quantitative estimate of drug-likeness (QED) is 0.885. The molecule has 3 N–H and O–H groups in total. The highest BCUT2D eigenvalue weighted by Crippen LogP contribution is 2.21. The van der Waals surface area contributed by atoms with Crippen LogP contribution in [0, 0.1) is 0 Å². The average molecular weight is 340 g/mol. The topological polar surface area (TPSA) is 58.4 Å². The van der Waals surface area contributed by atoms with Crippen molar-refractivity contribution in [2.45, 2.75) is 32.2 Å². The van der Waals surface area contributed by atoms with Crippen LogP contribution in [0.3, 0.4) is 0 Å². The summed E-state index contributed by atoms with van der Waals surface area (Å²) in [4.78, 5) is 14.3. The number of benzene rings is 1. The van der Waals surface area contributed by atoms with Gasteiger partial charge in [-0.25, -0.2) is 0 Å². The number of carbonyl (C=O) groups is 1. The van der Waals surface area contributed by atoms with Gasteiger partial charge in [-0.1, -0.05) is 22.9 Å². The second kappa shape index (κ2) is 7.20. The molecule has 1 amide bonds. The van der Waals surface area contributed by atoms with E-state index in [-0.39, 0.29) is 5.91 Å². The van der Waals surface area contributed by atoms with Crippen LogP contribution in [0.4, 0.5) is 5.69 Å². The average Bonchev–Trinajstić information content (AvgIpc) is 2.43. The minimum Gasteiger partial charge on any atom is -0.328 e. The SMILES string of the molecule is CCc1cc(Br)ccc1NC(=O)CN1CCC(N)CC1. The van der Waals surface area contributed by atoms with E-state index in [1.54, 1.807) is 0 Å².